The van der Waals surface area contributed by atoms with Crippen molar-refractivity contribution >= 4 is 40.3 Å². The molecule has 0 aromatic heterocycles. The number of carbonyl (C=O) groups is 1. The highest BCUT2D eigenvalue weighted by Crippen LogP contribution is 2.30. The largest absolute Gasteiger partial charge is 0.357 e. The number of rotatable bonds is 3. The van der Waals surface area contributed by atoms with Crippen molar-refractivity contribution in [3.05, 3.63) is 33.9 Å². The number of thiocarbonyl (C=S) groups is 1. The molecule has 1 saturated heterocycles. The lowest BCUT2D eigenvalue weighted by Gasteiger charge is -2.36. The summed E-state index contributed by atoms with van der Waals surface area (Å²) >= 11 is 6.82. The highest BCUT2D eigenvalue weighted by atomic mass is 32.2. The van der Waals surface area contributed by atoms with E-state index in [0.717, 1.165) is 17.4 Å². The minimum Gasteiger partial charge on any atom is -0.357 e. The van der Waals surface area contributed by atoms with Crippen LogP contribution in [-0.2, 0) is 0 Å². The number of non-ortho nitro benzene ring substituents is 1. The van der Waals surface area contributed by atoms with Crippen molar-refractivity contribution in [1.82, 2.24) is 4.90 Å². The van der Waals surface area contributed by atoms with E-state index in [-0.39, 0.29) is 5.69 Å². The molecule has 0 unspecified atom stereocenters. The molecule has 0 N–H and O–H groups in total. The average molecular weight is 338 g/mol. The zero-order chi connectivity index (χ0) is 16.3. The Balaban J connectivity index is 2.14. The second-order valence-corrected chi connectivity index (χ2v) is 7.49. The van der Waals surface area contributed by atoms with Gasteiger partial charge in [-0.15, -0.1) is 0 Å². The standard InChI is InChI=1S/C15H18N2O3S2/c1-10-5-11(2)8-16(7-10)15(21)22-14-4-3-13(17(19)20)6-12(14)9-18/h3-4,6,9-11H,5,7-8H2,1-2H3/t10-,11-/m0/s1. The molecule has 5 nitrogen and oxygen atoms in total. The van der Waals surface area contributed by atoms with E-state index >= 15 is 0 Å². The molecule has 2 rings (SSSR count). The number of hydrogen-bond acceptors (Lipinski definition) is 5. The summed E-state index contributed by atoms with van der Waals surface area (Å²) in [7, 11) is 0. The summed E-state index contributed by atoms with van der Waals surface area (Å²) in [4.78, 5) is 24.3. The Morgan fingerprint density at radius 3 is 2.59 bits per heavy atom. The first-order valence-electron chi connectivity index (χ1n) is 7.11. The molecule has 0 radical (unpaired) electrons. The van der Waals surface area contributed by atoms with Gasteiger partial charge in [0.05, 0.1) is 4.92 Å². The third kappa shape index (κ3) is 4.04. The SMILES string of the molecule is C[C@H]1C[C@H](C)CN(C(=S)Sc2ccc([N+](=O)[O-])cc2C=O)C1. The number of aldehydes is 1. The predicted molar refractivity (Wildman–Crippen MR) is 91.5 cm³/mol. The fourth-order valence-electron chi connectivity index (χ4n) is 2.81. The lowest BCUT2D eigenvalue weighted by Crippen LogP contribution is -2.40. The maximum Gasteiger partial charge on any atom is 0.270 e. The van der Waals surface area contributed by atoms with Crippen LogP contribution in [-0.4, -0.2) is 33.5 Å². The van der Waals surface area contributed by atoms with E-state index in [2.05, 4.69) is 18.7 Å². The monoisotopic (exact) mass is 338 g/mol. The van der Waals surface area contributed by atoms with Crippen molar-refractivity contribution in [2.75, 3.05) is 13.1 Å². The van der Waals surface area contributed by atoms with Crippen molar-refractivity contribution in [3.63, 3.8) is 0 Å². The number of hydrogen-bond donors (Lipinski definition) is 0. The van der Waals surface area contributed by atoms with Gasteiger partial charge in [0.15, 0.2) is 6.29 Å². The molecule has 22 heavy (non-hydrogen) atoms. The van der Waals surface area contributed by atoms with Gasteiger partial charge in [0.25, 0.3) is 5.69 Å². The molecule has 0 saturated carbocycles. The number of piperidine rings is 1. The summed E-state index contributed by atoms with van der Waals surface area (Å²) in [5.74, 6) is 1.18. The van der Waals surface area contributed by atoms with Crippen LogP contribution in [0.4, 0.5) is 5.69 Å². The third-order valence-electron chi connectivity index (χ3n) is 3.66. The Bertz CT molecular complexity index is 596. The van der Waals surface area contributed by atoms with Crippen molar-refractivity contribution in [2.24, 2.45) is 11.8 Å². The summed E-state index contributed by atoms with van der Waals surface area (Å²) in [6, 6.07) is 4.29. The number of thioether (sulfide) groups is 1. The quantitative estimate of drug-likeness (QED) is 0.275. The minimum atomic E-state index is -0.506. The molecule has 1 aromatic carbocycles. The number of likely N-dealkylation sites (tertiary alicyclic amines) is 1. The maximum absolute atomic E-state index is 11.2. The zero-order valence-corrected chi connectivity index (χ0v) is 14.2. The van der Waals surface area contributed by atoms with Gasteiger partial charge in [-0.05, 0) is 24.3 Å². The van der Waals surface area contributed by atoms with Gasteiger partial charge in [0, 0.05) is 35.7 Å². The molecule has 0 amide bonds. The summed E-state index contributed by atoms with van der Waals surface area (Å²) in [5.41, 5.74) is 0.220. The van der Waals surface area contributed by atoms with Gasteiger partial charge in [-0.3, -0.25) is 14.9 Å². The molecule has 2 atom stereocenters. The normalized spacial score (nSPS) is 21.5. The Hall–Kier alpha value is -1.47. The van der Waals surface area contributed by atoms with E-state index in [1.54, 1.807) is 6.07 Å². The molecule has 1 aliphatic heterocycles. The van der Waals surface area contributed by atoms with Crippen LogP contribution in [0.1, 0.15) is 30.6 Å². The van der Waals surface area contributed by atoms with Crippen LogP contribution < -0.4 is 0 Å². The van der Waals surface area contributed by atoms with E-state index in [4.69, 9.17) is 12.2 Å². The second-order valence-electron chi connectivity index (χ2n) is 5.82. The fraction of sp³-hybridized carbons (Fsp3) is 0.467. The van der Waals surface area contributed by atoms with E-state index in [1.807, 2.05) is 0 Å². The van der Waals surface area contributed by atoms with E-state index < -0.39 is 4.92 Å². The fourth-order valence-corrected chi connectivity index (χ4v) is 4.05. The Labute approximate surface area is 139 Å². The number of nitro groups is 1. The first kappa shape index (κ1) is 16.9. The predicted octanol–water partition coefficient (Wildman–Crippen LogP) is 3.76. The molecule has 1 aliphatic rings. The molecule has 118 valence electrons. The molecule has 1 heterocycles. The number of carbonyl (C=O) groups excluding carboxylic acids is 1. The van der Waals surface area contributed by atoms with Gasteiger partial charge in [0.1, 0.15) is 4.32 Å². The van der Waals surface area contributed by atoms with Crippen molar-refractivity contribution in [2.45, 2.75) is 25.2 Å². The summed E-state index contributed by atoms with van der Waals surface area (Å²) in [5, 5.41) is 10.8. The summed E-state index contributed by atoms with van der Waals surface area (Å²) in [6.07, 6.45) is 1.83. The smallest absolute Gasteiger partial charge is 0.270 e. The summed E-state index contributed by atoms with van der Waals surface area (Å²) < 4.78 is 0.718. The lowest BCUT2D eigenvalue weighted by molar-refractivity contribution is -0.384. The van der Waals surface area contributed by atoms with Gasteiger partial charge in [-0.25, -0.2) is 0 Å². The topological polar surface area (TPSA) is 63.4 Å². The number of nitro benzene ring substituents is 1. The van der Waals surface area contributed by atoms with Crippen LogP contribution in [0.5, 0.6) is 0 Å². The molecule has 0 bridgehead atoms. The van der Waals surface area contributed by atoms with Gasteiger partial charge in [-0.1, -0.05) is 37.8 Å². The summed E-state index contributed by atoms with van der Waals surface area (Å²) in [6.45, 7) is 6.25. The first-order chi connectivity index (χ1) is 10.4. The van der Waals surface area contributed by atoms with Gasteiger partial charge < -0.3 is 4.90 Å². The number of benzene rings is 1. The highest BCUT2D eigenvalue weighted by molar-refractivity contribution is 8.23. The molecular formula is C15H18N2O3S2. The van der Waals surface area contributed by atoms with Crippen molar-refractivity contribution in [3.8, 4) is 0 Å². The highest BCUT2D eigenvalue weighted by Gasteiger charge is 2.24. The van der Waals surface area contributed by atoms with E-state index in [1.165, 1.54) is 30.3 Å². The Morgan fingerprint density at radius 2 is 2.05 bits per heavy atom. The van der Waals surface area contributed by atoms with Crippen molar-refractivity contribution in [1.29, 1.82) is 0 Å². The van der Waals surface area contributed by atoms with Crippen LogP contribution in [0.25, 0.3) is 0 Å². The average Bonchev–Trinajstić information content (AvgIpc) is 2.46. The van der Waals surface area contributed by atoms with Crippen LogP contribution in [0, 0.1) is 22.0 Å². The Morgan fingerprint density at radius 1 is 1.41 bits per heavy atom. The second kappa shape index (κ2) is 7.19. The van der Waals surface area contributed by atoms with E-state index in [0.29, 0.717) is 28.6 Å². The molecule has 0 aliphatic carbocycles. The maximum atomic E-state index is 11.2. The van der Waals surface area contributed by atoms with Crippen LogP contribution in [0.2, 0.25) is 0 Å². The third-order valence-corrected chi connectivity index (χ3v) is 5.19. The van der Waals surface area contributed by atoms with E-state index in [9.17, 15) is 14.9 Å². The number of nitrogens with zero attached hydrogens (tertiary/aromatic N) is 2. The molecule has 1 fully saturated rings. The molecule has 0 spiro atoms. The lowest BCUT2D eigenvalue weighted by atomic mass is 9.92. The van der Waals surface area contributed by atoms with Gasteiger partial charge >= 0.3 is 0 Å². The van der Waals surface area contributed by atoms with Crippen molar-refractivity contribution < 1.29 is 9.72 Å². The van der Waals surface area contributed by atoms with Crippen LogP contribution >= 0.6 is 24.0 Å². The van der Waals surface area contributed by atoms with Crippen LogP contribution in [0.15, 0.2) is 23.1 Å². The Kier molecular flexibility index (Phi) is 5.52. The molecule has 7 heteroatoms. The molecular weight excluding hydrogens is 320 g/mol. The minimum absolute atomic E-state index is 0.0856. The zero-order valence-electron chi connectivity index (χ0n) is 12.5. The first-order valence-corrected chi connectivity index (χ1v) is 8.33. The van der Waals surface area contributed by atoms with Gasteiger partial charge in [-0.2, -0.15) is 0 Å². The van der Waals surface area contributed by atoms with Crippen LogP contribution in [0.3, 0.4) is 0 Å². The van der Waals surface area contributed by atoms with Gasteiger partial charge in [0.2, 0.25) is 0 Å². The molecule has 1 aromatic rings.